The lowest BCUT2D eigenvalue weighted by atomic mass is 10.1. The lowest BCUT2D eigenvalue weighted by molar-refractivity contribution is 0.0745. The predicted octanol–water partition coefficient (Wildman–Crippen LogP) is 2.40. The fraction of sp³-hybridized carbons (Fsp3) is 0.286. The molecule has 2 N–H and O–H groups in total. The fourth-order valence-corrected chi connectivity index (χ4v) is 4.41. The number of hydrogen-bond donors (Lipinski definition) is 2. The highest BCUT2D eigenvalue weighted by Crippen LogP contribution is 2.18. The summed E-state index contributed by atoms with van der Waals surface area (Å²) in [7, 11) is -3.87. The minimum Gasteiger partial charge on any atom is -0.508 e. The van der Waals surface area contributed by atoms with Crippen molar-refractivity contribution in [3.63, 3.8) is 0 Å². The number of nitrogens with one attached hydrogen (secondary N) is 1. The van der Waals surface area contributed by atoms with Gasteiger partial charge < -0.3 is 14.9 Å². The molecule has 1 aromatic heterocycles. The van der Waals surface area contributed by atoms with E-state index in [9.17, 15) is 23.1 Å². The average Bonchev–Trinajstić information content (AvgIpc) is 2.91. The summed E-state index contributed by atoms with van der Waals surface area (Å²) in [5.41, 5.74) is 1.63. The minimum atomic E-state index is -3.87. The molecule has 1 aliphatic heterocycles. The van der Waals surface area contributed by atoms with Crippen LogP contribution in [0.1, 0.15) is 52.7 Å². The molecular weight excluding hydrogens is 518 g/mol. The molecule has 4 rings (SSSR count). The van der Waals surface area contributed by atoms with Crippen LogP contribution in [0.25, 0.3) is 0 Å². The number of amides is 2. The number of phenols is 1. The van der Waals surface area contributed by atoms with Crippen LogP contribution in [0.4, 0.5) is 5.82 Å². The van der Waals surface area contributed by atoms with Gasteiger partial charge in [-0.1, -0.05) is 30.0 Å². The zero-order chi connectivity index (χ0) is 28.2. The summed E-state index contributed by atoms with van der Waals surface area (Å²) in [5, 5.41) is 17.7. The molecule has 0 radical (unpaired) electrons. The molecule has 11 heteroatoms. The lowest BCUT2D eigenvalue weighted by Gasteiger charge is -2.35. The summed E-state index contributed by atoms with van der Waals surface area (Å²) in [6, 6.07) is 16.8. The van der Waals surface area contributed by atoms with E-state index in [1.54, 1.807) is 53.4 Å². The Kier molecular flexibility index (Phi) is 7.88. The topological polar surface area (TPSA) is 133 Å². The van der Waals surface area contributed by atoms with Gasteiger partial charge in [0.2, 0.25) is 10.0 Å². The van der Waals surface area contributed by atoms with E-state index in [4.69, 9.17) is 0 Å². The van der Waals surface area contributed by atoms with Crippen molar-refractivity contribution >= 4 is 27.7 Å². The number of benzene rings is 2. The maximum atomic E-state index is 13.3. The molecule has 1 fully saturated rings. The molecular formula is C28H29N5O5S. The van der Waals surface area contributed by atoms with Crippen molar-refractivity contribution in [1.82, 2.24) is 19.8 Å². The normalized spacial score (nSPS) is 13.8. The van der Waals surface area contributed by atoms with Gasteiger partial charge in [0.05, 0.1) is 10.3 Å². The molecule has 1 saturated heterocycles. The van der Waals surface area contributed by atoms with E-state index in [0.29, 0.717) is 48.7 Å². The Bertz CT molecular complexity index is 1550. The summed E-state index contributed by atoms with van der Waals surface area (Å²) >= 11 is 0. The average molecular weight is 548 g/mol. The zero-order valence-electron chi connectivity index (χ0n) is 21.9. The van der Waals surface area contributed by atoms with Gasteiger partial charge in [-0.05, 0) is 63.2 Å². The van der Waals surface area contributed by atoms with Gasteiger partial charge in [0.15, 0.2) is 11.5 Å². The van der Waals surface area contributed by atoms with E-state index in [1.165, 1.54) is 26.8 Å². The summed E-state index contributed by atoms with van der Waals surface area (Å²) in [5.74, 6) is 5.71. The number of nitrogens with zero attached hydrogens (tertiary/aromatic N) is 4. The number of hydrogen-bond acceptors (Lipinski definition) is 8. The molecule has 202 valence electrons. The fourth-order valence-electron chi connectivity index (χ4n) is 3.75. The maximum Gasteiger partial charge on any atom is 0.285 e. The first-order valence-corrected chi connectivity index (χ1v) is 13.8. The van der Waals surface area contributed by atoms with Crippen molar-refractivity contribution in [2.24, 2.45) is 0 Å². The van der Waals surface area contributed by atoms with Crippen LogP contribution >= 0.6 is 0 Å². The molecule has 0 aliphatic carbocycles. The number of sulfonamides is 1. The Hall–Kier alpha value is -4.43. The van der Waals surface area contributed by atoms with Gasteiger partial charge in [-0.3, -0.25) is 9.59 Å². The zero-order valence-corrected chi connectivity index (χ0v) is 22.7. The quantitative estimate of drug-likeness (QED) is 0.476. The van der Waals surface area contributed by atoms with Crippen LogP contribution in [0.2, 0.25) is 0 Å². The van der Waals surface area contributed by atoms with Crippen LogP contribution < -0.4 is 9.62 Å². The summed E-state index contributed by atoms with van der Waals surface area (Å²) < 4.78 is 25.3. The Morgan fingerprint density at radius 2 is 1.64 bits per heavy atom. The molecule has 0 bridgehead atoms. The third-order valence-corrected chi connectivity index (χ3v) is 8.22. The van der Waals surface area contributed by atoms with Gasteiger partial charge in [-0.15, -0.1) is 10.2 Å². The SMILES string of the molecule is CC(C)(C)S(=O)(=O)NC(=O)c1ccc(N2CCN(C(=O)c3ccccc3C#Cc3cccc(O)c3)CC2)nn1. The van der Waals surface area contributed by atoms with Gasteiger partial charge in [0, 0.05) is 37.3 Å². The Labute approximate surface area is 227 Å². The smallest absolute Gasteiger partial charge is 0.285 e. The number of aromatic nitrogens is 2. The summed E-state index contributed by atoms with van der Waals surface area (Å²) in [6.45, 7) is 6.37. The van der Waals surface area contributed by atoms with Crippen LogP contribution in [0.15, 0.2) is 60.7 Å². The molecule has 0 spiro atoms. The first-order chi connectivity index (χ1) is 18.4. The van der Waals surface area contributed by atoms with E-state index < -0.39 is 20.7 Å². The second-order valence-corrected chi connectivity index (χ2v) is 12.4. The second-order valence-electron chi connectivity index (χ2n) is 9.95. The Balaban J connectivity index is 1.39. The van der Waals surface area contributed by atoms with Crippen molar-refractivity contribution in [2.45, 2.75) is 25.5 Å². The Morgan fingerprint density at radius 1 is 0.923 bits per heavy atom. The molecule has 3 aromatic rings. The number of phenolic OH excluding ortho intramolecular Hbond substituents is 1. The van der Waals surface area contributed by atoms with Gasteiger partial charge in [0.25, 0.3) is 11.8 Å². The third-order valence-electron chi connectivity index (χ3n) is 6.15. The maximum absolute atomic E-state index is 13.3. The summed E-state index contributed by atoms with van der Waals surface area (Å²) in [4.78, 5) is 29.3. The Morgan fingerprint density at radius 3 is 2.28 bits per heavy atom. The number of piperazine rings is 1. The molecule has 0 unspecified atom stereocenters. The molecule has 2 heterocycles. The number of anilines is 1. The summed E-state index contributed by atoms with van der Waals surface area (Å²) in [6.07, 6.45) is 0. The highest BCUT2D eigenvalue weighted by Gasteiger charge is 2.31. The first-order valence-electron chi connectivity index (χ1n) is 12.3. The largest absolute Gasteiger partial charge is 0.508 e. The third kappa shape index (κ3) is 6.53. The van der Waals surface area contributed by atoms with Gasteiger partial charge in [-0.25, -0.2) is 13.1 Å². The molecule has 10 nitrogen and oxygen atoms in total. The van der Waals surface area contributed by atoms with Crippen LogP contribution in [0.5, 0.6) is 5.75 Å². The van der Waals surface area contributed by atoms with Crippen molar-refractivity contribution < 1.29 is 23.1 Å². The number of carbonyl (C=O) groups is 2. The number of carbonyl (C=O) groups excluding carboxylic acids is 2. The van der Waals surface area contributed by atoms with Gasteiger partial charge in [0.1, 0.15) is 5.75 Å². The molecule has 0 saturated carbocycles. The molecule has 2 aromatic carbocycles. The van der Waals surface area contributed by atoms with Gasteiger partial charge in [-0.2, -0.15) is 0 Å². The monoisotopic (exact) mass is 547 g/mol. The second kappa shape index (κ2) is 11.1. The predicted molar refractivity (Wildman–Crippen MR) is 147 cm³/mol. The van der Waals surface area contributed by atoms with Crippen LogP contribution in [-0.4, -0.2) is 71.4 Å². The van der Waals surface area contributed by atoms with E-state index >= 15 is 0 Å². The van der Waals surface area contributed by atoms with E-state index in [0.717, 1.165) is 0 Å². The standard InChI is InChI=1S/C28H29N5O5S/c1-28(2,3)39(37,38)31-26(35)24-13-14-25(30-29-24)32-15-17-33(18-16-32)27(36)23-10-5-4-8-21(23)12-11-20-7-6-9-22(34)19-20/h4-10,13-14,19,34H,15-18H2,1-3H3,(H,31,35). The number of rotatable bonds is 4. The van der Waals surface area contributed by atoms with E-state index in [-0.39, 0.29) is 17.4 Å². The van der Waals surface area contributed by atoms with Crippen molar-refractivity contribution in [1.29, 1.82) is 0 Å². The van der Waals surface area contributed by atoms with Crippen LogP contribution in [0, 0.1) is 11.8 Å². The minimum absolute atomic E-state index is 0.108. The van der Waals surface area contributed by atoms with Crippen LogP contribution in [0.3, 0.4) is 0 Å². The molecule has 39 heavy (non-hydrogen) atoms. The van der Waals surface area contributed by atoms with E-state index in [1.807, 2.05) is 15.7 Å². The van der Waals surface area contributed by atoms with E-state index in [2.05, 4.69) is 22.0 Å². The molecule has 1 aliphatic rings. The lowest BCUT2D eigenvalue weighted by Crippen LogP contribution is -2.49. The van der Waals surface area contributed by atoms with Crippen LogP contribution in [-0.2, 0) is 10.0 Å². The highest BCUT2D eigenvalue weighted by molar-refractivity contribution is 7.91. The van der Waals surface area contributed by atoms with Crippen molar-refractivity contribution in [3.05, 3.63) is 83.0 Å². The first kappa shape index (κ1) is 27.6. The number of aromatic hydroxyl groups is 1. The van der Waals surface area contributed by atoms with Crippen molar-refractivity contribution in [2.75, 3.05) is 31.1 Å². The molecule has 0 atom stereocenters. The highest BCUT2D eigenvalue weighted by atomic mass is 32.2. The molecule has 2 amide bonds. The van der Waals surface area contributed by atoms with Crippen molar-refractivity contribution in [3.8, 4) is 17.6 Å². The van der Waals surface area contributed by atoms with Gasteiger partial charge >= 0.3 is 0 Å².